The van der Waals surface area contributed by atoms with Gasteiger partial charge in [0.1, 0.15) is 5.78 Å². The van der Waals surface area contributed by atoms with Crippen LogP contribution in [0, 0.1) is 17.8 Å². The van der Waals surface area contributed by atoms with Crippen LogP contribution in [0.25, 0.3) is 11.3 Å². The zero-order valence-corrected chi connectivity index (χ0v) is 16.7. The number of ketones is 1. The van der Waals surface area contributed by atoms with Crippen LogP contribution in [0.15, 0.2) is 29.6 Å². The van der Waals surface area contributed by atoms with E-state index < -0.39 is 0 Å². The molecule has 2 saturated carbocycles. The van der Waals surface area contributed by atoms with Crippen molar-refractivity contribution >= 4 is 28.2 Å². The van der Waals surface area contributed by atoms with Gasteiger partial charge in [-0.25, -0.2) is 4.98 Å². The number of amides is 1. The highest BCUT2D eigenvalue weighted by Crippen LogP contribution is 2.40. The van der Waals surface area contributed by atoms with Gasteiger partial charge in [0.05, 0.1) is 5.69 Å². The smallest absolute Gasteiger partial charge is 0.229 e. The lowest BCUT2D eigenvalue weighted by Crippen LogP contribution is -2.40. The number of rotatable bonds is 4. The minimum Gasteiger partial charge on any atom is -0.302 e. The summed E-state index contributed by atoms with van der Waals surface area (Å²) in [5, 5.41) is 5.62. The van der Waals surface area contributed by atoms with E-state index >= 15 is 0 Å². The molecule has 0 radical (unpaired) electrons. The maximum atomic E-state index is 12.7. The van der Waals surface area contributed by atoms with E-state index in [2.05, 4.69) is 48.4 Å². The first-order valence-electron chi connectivity index (χ1n) is 9.91. The number of aromatic nitrogens is 1. The van der Waals surface area contributed by atoms with Crippen LogP contribution in [-0.2, 0) is 9.59 Å². The average Bonchev–Trinajstić information content (AvgIpc) is 3.10. The standard InChI is InChI=1S/C22H26N2O2S/c1-13(2)14-6-8-15(9-7-14)19-12-27-22(23-19)24-21(26)18-10-16-4-3-5-17(11-18)20(16)25/h6-9,12-13,16-18H,3-5,10-11H2,1-2H3,(H,23,24,26). The van der Waals surface area contributed by atoms with E-state index in [4.69, 9.17) is 0 Å². The lowest BCUT2D eigenvalue weighted by molar-refractivity contribution is -0.136. The van der Waals surface area contributed by atoms with Crippen molar-refractivity contribution in [2.45, 2.75) is 51.9 Å². The minimum atomic E-state index is -0.0596. The molecule has 2 aromatic rings. The second-order valence-corrected chi connectivity index (χ2v) is 9.06. The van der Waals surface area contributed by atoms with E-state index in [9.17, 15) is 9.59 Å². The molecule has 2 aliphatic carbocycles. The molecule has 1 N–H and O–H groups in total. The Balaban J connectivity index is 1.42. The van der Waals surface area contributed by atoms with Crippen LogP contribution in [-0.4, -0.2) is 16.7 Å². The summed E-state index contributed by atoms with van der Waals surface area (Å²) in [7, 11) is 0. The minimum absolute atomic E-state index is 0.0236. The van der Waals surface area contributed by atoms with Crippen molar-refractivity contribution in [1.29, 1.82) is 0 Å². The quantitative estimate of drug-likeness (QED) is 0.784. The van der Waals surface area contributed by atoms with Gasteiger partial charge in [0.25, 0.3) is 0 Å². The zero-order valence-electron chi connectivity index (χ0n) is 15.9. The molecule has 4 nitrogen and oxygen atoms in total. The SMILES string of the molecule is CC(C)c1ccc(-c2csc(NC(=O)C3CC4CCCC(C3)C4=O)n2)cc1. The Labute approximate surface area is 164 Å². The Bertz CT molecular complexity index is 824. The molecule has 2 bridgehead atoms. The first kappa shape index (κ1) is 18.4. The Morgan fingerprint density at radius 1 is 1.15 bits per heavy atom. The van der Waals surface area contributed by atoms with Crippen LogP contribution in [0.4, 0.5) is 5.13 Å². The lowest BCUT2D eigenvalue weighted by Gasteiger charge is -2.36. The number of carbonyl (C=O) groups excluding carboxylic acids is 2. The normalized spacial score (nSPS) is 24.9. The van der Waals surface area contributed by atoms with Crippen LogP contribution < -0.4 is 5.32 Å². The maximum absolute atomic E-state index is 12.7. The molecule has 0 aliphatic heterocycles. The van der Waals surface area contributed by atoms with Gasteiger partial charge in [-0.05, 0) is 37.2 Å². The van der Waals surface area contributed by atoms with Gasteiger partial charge in [-0.2, -0.15) is 0 Å². The van der Waals surface area contributed by atoms with Crippen LogP contribution in [0.2, 0.25) is 0 Å². The van der Waals surface area contributed by atoms with Crippen molar-refractivity contribution in [1.82, 2.24) is 4.98 Å². The molecule has 2 aliphatic rings. The number of thiazole rings is 1. The summed E-state index contributed by atoms with van der Waals surface area (Å²) in [4.78, 5) is 29.5. The Morgan fingerprint density at radius 3 is 2.44 bits per heavy atom. The molecule has 2 unspecified atom stereocenters. The summed E-state index contributed by atoms with van der Waals surface area (Å²) in [5.74, 6) is 1.06. The van der Waals surface area contributed by atoms with Crippen molar-refractivity contribution in [3.05, 3.63) is 35.2 Å². The highest BCUT2D eigenvalue weighted by atomic mass is 32.1. The number of hydrogen-bond donors (Lipinski definition) is 1. The van der Waals surface area contributed by atoms with E-state index in [0.29, 0.717) is 29.7 Å². The summed E-state index contributed by atoms with van der Waals surface area (Å²) < 4.78 is 0. The molecule has 2 atom stereocenters. The fourth-order valence-electron chi connectivity index (χ4n) is 4.40. The van der Waals surface area contributed by atoms with Crippen molar-refractivity contribution in [3.8, 4) is 11.3 Å². The maximum Gasteiger partial charge on any atom is 0.229 e. The molecule has 1 aromatic carbocycles. The van der Waals surface area contributed by atoms with Gasteiger partial charge in [-0.3, -0.25) is 9.59 Å². The third kappa shape index (κ3) is 3.84. The number of hydrogen-bond acceptors (Lipinski definition) is 4. The van der Waals surface area contributed by atoms with Gasteiger partial charge in [0, 0.05) is 28.7 Å². The lowest BCUT2D eigenvalue weighted by atomic mass is 9.67. The third-order valence-corrected chi connectivity index (χ3v) is 6.78. The largest absolute Gasteiger partial charge is 0.302 e. The monoisotopic (exact) mass is 382 g/mol. The van der Waals surface area contributed by atoms with Crippen molar-refractivity contribution in [2.75, 3.05) is 5.32 Å². The van der Waals surface area contributed by atoms with E-state index in [1.807, 2.05) is 5.38 Å². The third-order valence-electron chi connectivity index (χ3n) is 6.03. The van der Waals surface area contributed by atoms with Gasteiger partial charge < -0.3 is 5.32 Å². The predicted molar refractivity (Wildman–Crippen MR) is 109 cm³/mol. The van der Waals surface area contributed by atoms with Gasteiger partial charge in [-0.1, -0.05) is 44.5 Å². The summed E-state index contributed by atoms with van der Waals surface area (Å²) in [6.07, 6.45) is 4.44. The molecule has 1 heterocycles. The number of carbonyl (C=O) groups is 2. The van der Waals surface area contributed by atoms with Crippen molar-refractivity contribution in [2.24, 2.45) is 17.8 Å². The summed E-state index contributed by atoms with van der Waals surface area (Å²) in [6.45, 7) is 4.36. The Kier molecular flexibility index (Phi) is 5.13. The molecular weight excluding hydrogens is 356 g/mol. The first-order chi connectivity index (χ1) is 13.0. The molecule has 2 fully saturated rings. The predicted octanol–water partition coefficient (Wildman–Crippen LogP) is 5.27. The van der Waals surface area contributed by atoms with Crippen LogP contribution in [0.3, 0.4) is 0 Å². The number of nitrogens with one attached hydrogen (secondary N) is 1. The molecular formula is C22H26N2O2S. The number of Topliss-reactive ketones (excluding diaryl/α,β-unsaturated/α-hetero) is 1. The Hall–Kier alpha value is -2.01. The van der Waals surface area contributed by atoms with E-state index in [0.717, 1.165) is 30.5 Å². The Morgan fingerprint density at radius 2 is 1.81 bits per heavy atom. The van der Waals surface area contributed by atoms with Crippen LogP contribution in [0.5, 0.6) is 0 Å². The second-order valence-electron chi connectivity index (χ2n) is 8.20. The number of nitrogens with zero attached hydrogens (tertiary/aromatic N) is 1. The number of fused-ring (bicyclic) bond motifs is 2. The van der Waals surface area contributed by atoms with E-state index in [1.54, 1.807) is 0 Å². The second kappa shape index (κ2) is 7.55. The van der Waals surface area contributed by atoms with Gasteiger partial charge >= 0.3 is 0 Å². The zero-order chi connectivity index (χ0) is 19.0. The van der Waals surface area contributed by atoms with Gasteiger partial charge in [0.2, 0.25) is 5.91 Å². The molecule has 4 rings (SSSR count). The van der Waals surface area contributed by atoms with E-state index in [1.165, 1.54) is 16.9 Å². The van der Waals surface area contributed by atoms with Gasteiger partial charge in [0.15, 0.2) is 5.13 Å². The first-order valence-corrected chi connectivity index (χ1v) is 10.8. The van der Waals surface area contributed by atoms with Crippen molar-refractivity contribution in [3.63, 3.8) is 0 Å². The summed E-state index contributed by atoms with van der Waals surface area (Å²) in [5.41, 5.74) is 3.26. The number of anilines is 1. The fraction of sp³-hybridized carbons (Fsp3) is 0.500. The van der Waals surface area contributed by atoms with Crippen molar-refractivity contribution < 1.29 is 9.59 Å². The molecule has 1 aromatic heterocycles. The summed E-state index contributed by atoms with van der Waals surface area (Å²) >= 11 is 1.46. The molecule has 5 heteroatoms. The molecule has 0 saturated heterocycles. The molecule has 27 heavy (non-hydrogen) atoms. The summed E-state index contributed by atoms with van der Waals surface area (Å²) in [6, 6.07) is 8.44. The fourth-order valence-corrected chi connectivity index (χ4v) is 5.13. The van der Waals surface area contributed by atoms with Crippen LogP contribution >= 0.6 is 11.3 Å². The number of benzene rings is 1. The van der Waals surface area contributed by atoms with Crippen LogP contribution in [0.1, 0.15) is 57.4 Å². The highest BCUT2D eigenvalue weighted by molar-refractivity contribution is 7.14. The van der Waals surface area contributed by atoms with Gasteiger partial charge in [-0.15, -0.1) is 11.3 Å². The average molecular weight is 383 g/mol. The molecule has 1 amide bonds. The molecule has 142 valence electrons. The van der Waals surface area contributed by atoms with E-state index in [-0.39, 0.29) is 23.7 Å². The molecule has 0 spiro atoms. The highest BCUT2D eigenvalue weighted by Gasteiger charge is 2.41. The topological polar surface area (TPSA) is 59.1 Å².